The second-order valence-corrected chi connectivity index (χ2v) is 4.60. The van der Waals surface area contributed by atoms with E-state index in [-0.39, 0.29) is 30.3 Å². The minimum absolute atomic E-state index is 0. The maximum absolute atomic E-state index is 11.2. The number of ether oxygens (including phenoxy) is 1. The number of carbonyl (C=O) groups excluding carboxylic acids is 2. The largest absolute Gasteiger partial charge is 0.468 e. The van der Waals surface area contributed by atoms with Crippen LogP contribution in [0.1, 0.15) is 19.8 Å². The third-order valence-electron chi connectivity index (χ3n) is 1.84. The molecule has 1 amide bonds. The quantitative estimate of drug-likeness (QED) is 0.503. The van der Waals surface area contributed by atoms with Gasteiger partial charge in [0.05, 0.1) is 12.9 Å². The van der Waals surface area contributed by atoms with Gasteiger partial charge in [-0.15, -0.1) is 24.2 Å². The van der Waals surface area contributed by atoms with Gasteiger partial charge in [-0.1, -0.05) is 0 Å². The van der Waals surface area contributed by atoms with Crippen LogP contribution < -0.4 is 11.1 Å². The highest BCUT2D eigenvalue weighted by Crippen LogP contribution is 1.99. The van der Waals surface area contributed by atoms with E-state index in [1.807, 2.05) is 6.92 Å². The normalized spacial score (nSPS) is 11.2. The molecule has 0 aromatic carbocycles. The van der Waals surface area contributed by atoms with Gasteiger partial charge in [-0.05, 0) is 13.3 Å². The Bertz CT molecular complexity index is 228. The predicted molar refractivity (Wildman–Crippen MR) is 72.5 cm³/mol. The number of nitrogens with one attached hydrogen (secondary N) is 1. The Kier molecular flexibility index (Phi) is 13.3. The smallest absolute Gasteiger partial charge is 0.315 e. The van der Waals surface area contributed by atoms with Crippen LogP contribution in [-0.4, -0.2) is 43.1 Å². The number of carbonyl (C=O) groups is 2. The highest BCUT2D eigenvalue weighted by molar-refractivity contribution is 7.99. The van der Waals surface area contributed by atoms with Gasteiger partial charge in [0.2, 0.25) is 5.91 Å². The first kappa shape index (κ1) is 18.9. The van der Waals surface area contributed by atoms with E-state index in [4.69, 9.17) is 5.73 Å². The topological polar surface area (TPSA) is 81.4 Å². The average molecular weight is 285 g/mol. The Hall–Kier alpha value is -0.460. The number of halogens is 1. The van der Waals surface area contributed by atoms with Crippen LogP contribution in [0.25, 0.3) is 0 Å². The Morgan fingerprint density at radius 1 is 1.47 bits per heavy atom. The van der Waals surface area contributed by atoms with E-state index >= 15 is 0 Å². The van der Waals surface area contributed by atoms with E-state index in [1.54, 1.807) is 0 Å². The number of nitrogens with two attached hydrogens (primary N) is 1. The van der Waals surface area contributed by atoms with Crippen LogP contribution in [-0.2, 0) is 14.3 Å². The first-order chi connectivity index (χ1) is 7.56. The molecular formula is C10H21ClN2O3S. The lowest BCUT2D eigenvalue weighted by Crippen LogP contribution is -2.27. The summed E-state index contributed by atoms with van der Waals surface area (Å²) in [4.78, 5) is 22.0. The van der Waals surface area contributed by atoms with Gasteiger partial charge < -0.3 is 15.8 Å². The van der Waals surface area contributed by atoms with Crippen molar-refractivity contribution < 1.29 is 14.3 Å². The van der Waals surface area contributed by atoms with Crippen molar-refractivity contribution in [2.24, 2.45) is 5.73 Å². The van der Waals surface area contributed by atoms with Crippen LogP contribution in [0.4, 0.5) is 0 Å². The molecule has 0 aromatic heterocycles. The molecule has 0 aliphatic heterocycles. The Labute approximate surface area is 113 Å². The molecule has 0 aromatic rings. The number of hydrogen-bond donors (Lipinski definition) is 2. The fourth-order valence-electron chi connectivity index (χ4n) is 0.924. The molecular weight excluding hydrogens is 264 g/mol. The zero-order valence-corrected chi connectivity index (χ0v) is 11.9. The van der Waals surface area contributed by atoms with E-state index in [9.17, 15) is 9.59 Å². The minimum atomic E-state index is -0.242. The van der Waals surface area contributed by atoms with Crippen LogP contribution in [0, 0.1) is 0 Å². The van der Waals surface area contributed by atoms with Crippen LogP contribution in [0.15, 0.2) is 0 Å². The number of hydrogen-bond acceptors (Lipinski definition) is 5. The van der Waals surface area contributed by atoms with Gasteiger partial charge in [0.1, 0.15) is 0 Å². The van der Waals surface area contributed by atoms with E-state index in [1.165, 1.54) is 18.9 Å². The molecule has 1 unspecified atom stereocenters. The van der Waals surface area contributed by atoms with Crippen molar-refractivity contribution in [3.8, 4) is 0 Å². The summed E-state index contributed by atoms with van der Waals surface area (Å²) in [6.45, 7) is 2.44. The van der Waals surface area contributed by atoms with Gasteiger partial charge in [-0.3, -0.25) is 9.59 Å². The lowest BCUT2D eigenvalue weighted by Gasteiger charge is -2.06. The molecule has 0 aliphatic carbocycles. The Balaban J connectivity index is 0. The fourth-order valence-corrected chi connectivity index (χ4v) is 1.60. The standard InChI is InChI=1S/C10H20N2O3S.ClH/c1-8(11)3-4-9(13)12-5-6-16-7-10(14)15-2;/h8H,3-7,11H2,1-2H3,(H,12,13);1H. The molecule has 102 valence electrons. The van der Waals surface area contributed by atoms with Gasteiger partial charge in [0.15, 0.2) is 0 Å². The molecule has 0 spiro atoms. The number of rotatable bonds is 8. The van der Waals surface area contributed by atoms with Crippen LogP contribution in [0.5, 0.6) is 0 Å². The van der Waals surface area contributed by atoms with Crippen LogP contribution >= 0.6 is 24.2 Å². The number of methoxy groups -OCH3 is 1. The third-order valence-corrected chi connectivity index (χ3v) is 2.78. The van der Waals surface area contributed by atoms with Gasteiger partial charge in [-0.25, -0.2) is 0 Å². The Morgan fingerprint density at radius 3 is 2.65 bits per heavy atom. The lowest BCUT2D eigenvalue weighted by molar-refractivity contribution is -0.137. The molecule has 0 bridgehead atoms. The van der Waals surface area contributed by atoms with Gasteiger partial charge in [-0.2, -0.15) is 0 Å². The van der Waals surface area contributed by atoms with E-state index < -0.39 is 0 Å². The SMILES string of the molecule is COC(=O)CSCCNC(=O)CCC(C)N.Cl. The number of esters is 1. The van der Waals surface area contributed by atoms with Crippen molar-refractivity contribution in [2.45, 2.75) is 25.8 Å². The maximum atomic E-state index is 11.2. The van der Waals surface area contributed by atoms with Crippen molar-refractivity contribution >= 4 is 36.0 Å². The third kappa shape index (κ3) is 13.5. The summed E-state index contributed by atoms with van der Waals surface area (Å²) in [5, 5.41) is 2.76. The average Bonchev–Trinajstić information content (AvgIpc) is 2.25. The van der Waals surface area contributed by atoms with E-state index in [2.05, 4.69) is 10.1 Å². The molecule has 0 rings (SSSR count). The molecule has 0 heterocycles. The van der Waals surface area contributed by atoms with Crippen molar-refractivity contribution in [1.29, 1.82) is 0 Å². The molecule has 7 heteroatoms. The maximum Gasteiger partial charge on any atom is 0.315 e. The fraction of sp³-hybridized carbons (Fsp3) is 0.800. The summed E-state index contributed by atoms with van der Waals surface area (Å²) in [7, 11) is 1.36. The van der Waals surface area contributed by atoms with Crippen LogP contribution in [0.2, 0.25) is 0 Å². The lowest BCUT2D eigenvalue weighted by atomic mass is 10.2. The first-order valence-electron chi connectivity index (χ1n) is 5.23. The molecule has 17 heavy (non-hydrogen) atoms. The van der Waals surface area contributed by atoms with E-state index in [0.29, 0.717) is 30.9 Å². The molecule has 0 fully saturated rings. The van der Waals surface area contributed by atoms with Gasteiger partial charge in [0, 0.05) is 24.8 Å². The van der Waals surface area contributed by atoms with E-state index in [0.717, 1.165) is 0 Å². The zero-order chi connectivity index (χ0) is 12.4. The number of thioether (sulfide) groups is 1. The molecule has 0 saturated heterocycles. The van der Waals surface area contributed by atoms with Crippen molar-refractivity contribution in [3.63, 3.8) is 0 Å². The summed E-state index contributed by atoms with van der Waals surface area (Å²) in [6.07, 6.45) is 1.15. The van der Waals surface area contributed by atoms with Crippen molar-refractivity contribution in [3.05, 3.63) is 0 Å². The van der Waals surface area contributed by atoms with Crippen LogP contribution in [0.3, 0.4) is 0 Å². The molecule has 3 N–H and O–H groups in total. The molecule has 0 aliphatic rings. The Morgan fingerprint density at radius 2 is 2.12 bits per heavy atom. The highest BCUT2D eigenvalue weighted by Gasteiger charge is 2.03. The molecule has 0 saturated carbocycles. The summed E-state index contributed by atoms with van der Waals surface area (Å²) in [5.74, 6) is 0.801. The summed E-state index contributed by atoms with van der Waals surface area (Å²) in [6, 6.07) is 0.0550. The monoisotopic (exact) mass is 284 g/mol. The summed E-state index contributed by atoms with van der Waals surface area (Å²) >= 11 is 1.44. The number of amides is 1. The first-order valence-corrected chi connectivity index (χ1v) is 6.38. The summed E-state index contributed by atoms with van der Waals surface area (Å²) < 4.78 is 4.48. The van der Waals surface area contributed by atoms with Gasteiger partial charge >= 0.3 is 5.97 Å². The van der Waals surface area contributed by atoms with Crippen molar-refractivity contribution in [2.75, 3.05) is 25.2 Å². The van der Waals surface area contributed by atoms with Gasteiger partial charge in [0.25, 0.3) is 0 Å². The molecule has 0 radical (unpaired) electrons. The second-order valence-electron chi connectivity index (χ2n) is 3.49. The molecule has 5 nitrogen and oxygen atoms in total. The minimum Gasteiger partial charge on any atom is -0.468 e. The highest BCUT2D eigenvalue weighted by atomic mass is 35.5. The predicted octanol–water partition coefficient (Wildman–Crippen LogP) is 0.558. The van der Waals surface area contributed by atoms with Crippen molar-refractivity contribution in [1.82, 2.24) is 5.32 Å². The summed E-state index contributed by atoms with van der Waals surface area (Å²) in [5.41, 5.74) is 5.53. The molecule has 1 atom stereocenters. The second kappa shape index (κ2) is 12.0. The zero-order valence-electron chi connectivity index (χ0n) is 10.2.